The number of rotatable bonds is 4. The number of carbonyl (C=O) groups is 1. The number of nitrogens with zero attached hydrogens (tertiary/aromatic N) is 2. The zero-order valence-corrected chi connectivity index (χ0v) is 8.84. The summed E-state index contributed by atoms with van der Waals surface area (Å²) in [5, 5.41) is 4.13. The third kappa shape index (κ3) is 2.25. The van der Waals surface area contributed by atoms with Gasteiger partial charge < -0.3 is 0 Å². The van der Waals surface area contributed by atoms with Gasteiger partial charge in [-0.3, -0.25) is 9.48 Å². The molecule has 0 N–H and O–H groups in total. The second-order valence-electron chi connectivity index (χ2n) is 3.48. The molecule has 1 heterocycles. The van der Waals surface area contributed by atoms with Crippen molar-refractivity contribution in [3.8, 4) is 0 Å². The largest absolute Gasteiger partial charge is 0.289 e. The minimum absolute atomic E-state index is 0.0979. The van der Waals surface area contributed by atoms with Crippen molar-refractivity contribution in [3.05, 3.63) is 66.5 Å². The Morgan fingerprint density at radius 1 is 1.38 bits per heavy atom. The first-order valence-corrected chi connectivity index (χ1v) is 5.03. The molecule has 0 fully saturated rings. The van der Waals surface area contributed by atoms with E-state index >= 15 is 0 Å². The molecule has 0 unspecified atom stereocenters. The van der Waals surface area contributed by atoms with Gasteiger partial charge in [0.15, 0.2) is 5.78 Å². The Bertz CT molecular complexity index is 500. The van der Waals surface area contributed by atoms with E-state index < -0.39 is 0 Å². The molecule has 2 rings (SSSR count). The van der Waals surface area contributed by atoms with Crippen molar-refractivity contribution in [2.45, 2.75) is 6.54 Å². The van der Waals surface area contributed by atoms with Crippen LogP contribution in [-0.2, 0) is 6.54 Å². The van der Waals surface area contributed by atoms with Crippen molar-refractivity contribution >= 4 is 5.78 Å². The first-order valence-electron chi connectivity index (χ1n) is 5.03. The van der Waals surface area contributed by atoms with E-state index in [2.05, 4.69) is 11.7 Å². The number of aromatic nitrogens is 2. The molecule has 1 aromatic carbocycles. The van der Waals surface area contributed by atoms with Crippen LogP contribution in [0.4, 0.5) is 0 Å². The lowest BCUT2D eigenvalue weighted by molar-refractivity contribution is 0.104. The van der Waals surface area contributed by atoms with Crippen molar-refractivity contribution in [1.29, 1.82) is 0 Å². The summed E-state index contributed by atoms with van der Waals surface area (Å²) >= 11 is 0. The van der Waals surface area contributed by atoms with Gasteiger partial charge in [0.1, 0.15) is 0 Å². The summed E-state index contributed by atoms with van der Waals surface area (Å²) in [4.78, 5) is 11.3. The molecule has 0 radical (unpaired) electrons. The molecule has 3 heteroatoms. The van der Waals surface area contributed by atoms with Crippen LogP contribution < -0.4 is 0 Å². The normalized spacial score (nSPS) is 10.0. The summed E-state index contributed by atoms with van der Waals surface area (Å²) in [7, 11) is 0. The van der Waals surface area contributed by atoms with Gasteiger partial charge in [-0.2, -0.15) is 5.10 Å². The maximum atomic E-state index is 11.3. The van der Waals surface area contributed by atoms with Gasteiger partial charge in [-0.1, -0.05) is 36.9 Å². The molecule has 80 valence electrons. The van der Waals surface area contributed by atoms with Crippen LogP contribution in [0.15, 0.2) is 55.4 Å². The maximum absolute atomic E-state index is 11.3. The summed E-state index contributed by atoms with van der Waals surface area (Å²) in [5.41, 5.74) is 1.73. The lowest BCUT2D eigenvalue weighted by atomic mass is 10.2. The van der Waals surface area contributed by atoms with E-state index in [1.807, 2.05) is 30.3 Å². The molecule has 0 saturated carbocycles. The molecule has 1 aromatic heterocycles. The standard InChI is InChI=1S/C13H12N2O/c1-2-13(16)12-8-14-15(10-12)9-11-6-4-3-5-7-11/h2-8,10H,1,9H2. The molecule has 0 bridgehead atoms. The molecule has 0 amide bonds. The Morgan fingerprint density at radius 2 is 2.12 bits per heavy atom. The predicted octanol–water partition coefficient (Wildman–Crippen LogP) is 2.30. The van der Waals surface area contributed by atoms with Crippen LogP contribution in [0.1, 0.15) is 15.9 Å². The lowest BCUT2D eigenvalue weighted by Crippen LogP contribution is -1.99. The Morgan fingerprint density at radius 3 is 2.81 bits per heavy atom. The lowest BCUT2D eigenvalue weighted by Gasteiger charge is -2.00. The van der Waals surface area contributed by atoms with Crippen LogP contribution in [0.5, 0.6) is 0 Å². The third-order valence-corrected chi connectivity index (χ3v) is 2.29. The zero-order valence-electron chi connectivity index (χ0n) is 8.84. The highest BCUT2D eigenvalue weighted by Gasteiger charge is 2.04. The van der Waals surface area contributed by atoms with E-state index in [1.54, 1.807) is 17.1 Å². The molecular weight excluding hydrogens is 200 g/mol. The van der Waals surface area contributed by atoms with Crippen LogP contribution in [0.2, 0.25) is 0 Å². The fourth-order valence-electron chi connectivity index (χ4n) is 1.47. The van der Waals surface area contributed by atoms with E-state index in [0.29, 0.717) is 12.1 Å². The van der Waals surface area contributed by atoms with E-state index in [9.17, 15) is 4.79 Å². The smallest absolute Gasteiger partial charge is 0.188 e. The Balaban J connectivity index is 2.14. The maximum Gasteiger partial charge on any atom is 0.188 e. The number of carbonyl (C=O) groups excluding carboxylic acids is 1. The summed E-state index contributed by atoms with van der Waals surface area (Å²) in [6, 6.07) is 9.98. The Labute approximate surface area is 94.0 Å². The predicted molar refractivity (Wildman–Crippen MR) is 62.3 cm³/mol. The zero-order chi connectivity index (χ0) is 11.4. The first-order chi connectivity index (χ1) is 7.79. The molecule has 0 aliphatic rings. The van der Waals surface area contributed by atoms with E-state index in [0.717, 1.165) is 5.56 Å². The van der Waals surface area contributed by atoms with Gasteiger partial charge >= 0.3 is 0 Å². The highest BCUT2D eigenvalue weighted by Crippen LogP contribution is 2.04. The number of hydrogen-bond acceptors (Lipinski definition) is 2. The molecular formula is C13H12N2O. The minimum Gasteiger partial charge on any atom is -0.289 e. The second kappa shape index (κ2) is 4.57. The van der Waals surface area contributed by atoms with E-state index in [1.165, 1.54) is 6.08 Å². The van der Waals surface area contributed by atoms with Crippen molar-refractivity contribution in [2.75, 3.05) is 0 Å². The van der Waals surface area contributed by atoms with Crippen LogP contribution in [0, 0.1) is 0 Å². The highest BCUT2D eigenvalue weighted by atomic mass is 16.1. The van der Waals surface area contributed by atoms with Gasteiger partial charge in [0.2, 0.25) is 0 Å². The average Bonchev–Trinajstić information content (AvgIpc) is 2.78. The van der Waals surface area contributed by atoms with Gasteiger partial charge in [0, 0.05) is 6.20 Å². The fraction of sp³-hybridized carbons (Fsp3) is 0.0769. The molecule has 0 saturated heterocycles. The van der Waals surface area contributed by atoms with Crippen molar-refractivity contribution < 1.29 is 4.79 Å². The van der Waals surface area contributed by atoms with Crippen molar-refractivity contribution in [3.63, 3.8) is 0 Å². The van der Waals surface area contributed by atoms with Gasteiger partial charge in [0.25, 0.3) is 0 Å². The summed E-state index contributed by atoms with van der Waals surface area (Å²) in [6.07, 6.45) is 4.59. The summed E-state index contributed by atoms with van der Waals surface area (Å²) < 4.78 is 1.74. The summed E-state index contributed by atoms with van der Waals surface area (Å²) in [5.74, 6) is -0.0979. The fourth-order valence-corrected chi connectivity index (χ4v) is 1.47. The van der Waals surface area contributed by atoms with Crippen LogP contribution >= 0.6 is 0 Å². The Hall–Kier alpha value is -2.16. The number of hydrogen-bond donors (Lipinski definition) is 0. The van der Waals surface area contributed by atoms with Crippen molar-refractivity contribution in [1.82, 2.24) is 9.78 Å². The van der Waals surface area contributed by atoms with Gasteiger partial charge in [-0.25, -0.2) is 0 Å². The number of benzene rings is 1. The molecule has 0 spiro atoms. The van der Waals surface area contributed by atoms with E-state index in [4.69, 9.17) is 0 Å². The van der Waals surface area contributed by atoms with Gasteiger partial charge in [-0.15, -0.1) is 0 Å². The quantitative estimate of drug-likeness (QED) is 0.575. The molecule has 0 aliphatic carbocycles. The highest BCUT2D eigenvalue weighted by molar-refractivity contribution is 6.03. The van der Waals surface area contributed by atoms with E-state index in [-0.39, 0.29) is 5.78 Å². The summed E-state index contributed by atoms with van der Waals surface area (Å²) in [6.45, 7) is 4.12. The van der Waals surface area contributed by atoms with Crippen LogP contribution in [0.3, 0.4) is 0 Å². The molecule has 0 atom stereocenters. The van der Waals surface area contributed by atoms with Crippen molar-refractivity contribution in [2.24, 2.45) is 0 Å². The number of allylic oxidation sites excluding steroid dienone is 1. The van der Waals surface area contributed by atoms with Gasteiger partial charge in [0.05, 0.1) is 18.3 Å². The molecule has 2 aromatic rings. The third-order valence-electron chi connectivity index (χ3n) is 2.29. The number of ketones is 1. The van der Waals surface area contributed by atoms with Gasteiger partial charge in [-0.05, 0) is 11.6 Å². The van der Waals surface area contributed by atoms with Crippen LogP contribution in [0.25, 0.3) is 0 Å². The molecule has 0 aliphatic heterocycles. The van der Waals surface area contributed by atoms with Crippen LogP contribution in [-0.4, -0.2) is 15.6 Å². The minimum atomic E-state index is -0.0979. The SMILES string of the molecule is C=CC(=O)c1cnn(Cc2ccccc2)c1. The average molecular weight is 212 g/mol. The monoisotopic (exact) mass is 212 g/mol. The second-order valence-corrected chi connectivity index (χ2v) is 3.48. The Kier molecular flexibility index (Phi) is 2.96. The first kappa shape index (κ1) is 10.4. The topological polar surface area (TPSA) is 34.9 Å². The molecule has 3 nitrogen and oxygen atoms in total. The molecule has 16 heavy (non-hydrogen) atoms.